The molecule has 1 aromatic rings. The lowest BCUT2D eigenvalue weighted by Gasteiger charge is -2.24. The molecule has 1 atom stereocenters. The highest BCUT2D eigenvalue weighted by Gasteiger charge is 2.26. The normalized spacial score (nSPS) is 17.9. The minimum Gasteiger partial charge on any atom is -0.336 e. The van der Waals surface area contributed by atoms with Gasteiger partial charge in [0.1, 0.15) is 0 Å². The van der Waals surface area contributed by atoms with E-state index in [9.17, 15) is 4.79 Å². The SMILES string of the molecule is N#CCCN(Cc1cccnc1)C(=O)[C@H]1CCCN1. The quantitative estimate of drug-likeness (QED) is 0.858. The Balaban J connectivity index is 2.02. The number of pyridine rings is 1. The standard InChI is InChI=1S/C14H18N4O/c15-6-3-9-18(11-12-4-1-7-16-10-12)14(19)13-5-2-8-17-13/h1,4,7,10,13,17H,2-3,5,8-9,11H2/t13-/m1/s1. The molecule has 5 heteroatoms. The van der Waals surface area contributed by atoms with Gasteiger partial charge in [-0.15, -0.1) is 0 Å². The number of nitrogens with one attached hydrogen (secondary N) is 1. The van der Waals surface area contributed by atoms with Gasteiger partial charge in [0.25, 0.3) is 0 Å². The average molecular weight is 258 g/mol. The first-order chi connectivity index (χ1) is 9.31. The summed E-state index contributed by atoms with van der Waals surface area (Å²) in [6.07, 6.45) is 5.75. The Labute approximate surface area is 113 Å². The highest BCUT2D eigenvalue weighted by molar-refractivity contribution is 5.82. The van der Waals surface area contributed by atoms with Crippen molar-refractivity contribution in [1.29, 1.82) is 5.26 Å². The highest BCUT2D eigenvalue weighted by atomic mass is 16.2. The molecule has 0 saturated carbocycles. The Morgan fingerprint density at radius 3 is 3.16 bits per heavy atom. The number of carbonyl (C=O) groups is 1. The van der Waals surface area contributed by atoms with Crippen molar-refractivity contribution in [2.24, 2.45) is 0 Å². The molecule has 1 aromatic heterocycles. The molecule has 2 rings (SSSR count). The van der Waals surface area contributed by atoms with Crippen LogP contribution >= 0.6 is 0 Å². The Bertz CT molecular complexity index is 448. The summed E-state index contributed by atoms with van der Waals surface area (Å²) in [6.45, 7) is 1.89. The Morgan fingerprint density at radius 1 is 1.63 bits per heavy atom. The second-order valence-electron chi connectivity index (χ2n) is 4.68. The van der Waals surface area contributed by atoms with E-state index in [0.29, 0.717) is 19.5 Å². The van der Waals surface area contributed by atoms with Crippen molar-refractivity contribution in [3.05, 3.63) is 30.1 Å². The van der Waals surface area contributed by atoms with Gasteiger partial charge in [-0.3, -0.25) is 9.78 Å². The van der Waals surface area contributed by atoms with Crippen LogP contribution in [0.3, 0.4) is 0 Å². The topological polar surface area (TPSA) is 69.0 Å². The third kappa shape index (κ3) is 3.76. The van der Waals surface area contributed by atoms with Crippen LogP contribution in [0.1, 0.15) is 24.8 Å². The van der Waals surface area contributed by atoms with Gasteiger partial charge in [0.05, 0.1) is 18.5 Å². The molecule has 0 spiro atoms. The van der Waals surface area contributed by atoms with Crippen molar-refractivity contribution in [2.75, 3.05) is 13.1 Å². The predicted octanol–water partition coefficient (Wildman–Crippen LogP) is 1.08. The average Bonchev–Trinajstić information content (AvgIpc) is 2.98. The van der Waals surface area contributed by atoms with Crippen LogP contribution in [0.4, 0.5) is 0 Å². The van der Waals surface area contributed by atoms with E-state index in [1.807, 2.05) is 12.1 Å². The molecule has 1 amide bonds. The molecule has 5 nitrogen and oxygen atoms in total. The van der Waals surface area contributed by atoms with Crippen molar-refractivity contribution in [2.45, 2.75) is 31.8 Å². The zero-order valence-electron chi connectivity index (χ0n) is 10.9. The van der Waals surface area contributed by atoms with E-state index in [1.54, 1.807) is 17.3 Å². The van der Waals surface area contributed by atoms with Gasteiger partial charge in [-0.05, 0) is 31.0 Å². The molecule has 1 saturated heterocycles. The molecular weight excluding hydrogens is 240 g/mol. The zero-order valence-corrected chi connectivity index (χ0v) is 10.9. The van der Waals surface area contributed by atoms with Gasteiger partial charge in [0.2, 0.25) is 5.91 Å². The lowest BCUT2D eigenvalue weighted by Crippen LogP contribution is -2.43. The van der Waals surface area contributed by atoms with Crippen molar-refractivity contribution in [3.8, 4) is 6.07 Å². The first-order valence-corrected chi connectivity index (χ1v) is 6.59. The van der Waals surface area contributed by atoms with E-state index in [2.05, 4.69) is 16.4 Å². The fourth-order valence-corrected chi connectivity index (χ4v) is 2.28. The maximum Gasteiger partial charge on any atom is 0.240 e. The van der Waals surface area contributed by atoms with Crippen molar-refractivity contribution < 1.29 is 4.79 Å². The van der Waals surface area contributed by atoms with Crippen LogP contribution in [0.15, 0.2) is 24.5 Å². The van der Waals surface area contributed by atoms with E-state index >= 15 is 0 Å². The Kier molecular flexibility index (Phi) is 4.87. The third-order valence-corrected chi connectivity index (χ3v) is 3.26. The number of nitriles is 1. The molecule has 1 N–H and O–H groups in total. The van der Waals surface area contributed by atoms with E-state index in [1.165, 1.54) is 0 Å². The summed E-state index contributed by atoms with van der Waals surface area (Å²) in [5.41, 5.74) is 0.992. The van der Waals surface area contributed by atoms with Crippen molar-refractivity contribution >= 4 is 5.91 Å². The number of amides is 1. The second-order valence-corrected chi connectivity index (χ2v) is 4.68. The van der Waals surface area contributed by atoms with Crippen LogP contribution in [0.25, 0.3) is 0 Å². The van der Waals surface area contributed by atoms with Gasteiger partial charge < -0.3 is 10.2 Å². The lowest BCUT2D eigenvalue weighted by atomic mass is 10.1. The fourth-order valence-electron chi connectivity index (χ4n) is 2.28. The number of rotatable bonds is 5. The summed E-state index contributed by atoms with van der Waals surface area (Å²) in [5.74, 6) is 0.0941. The van der Waals surface area contributed by atoms with E-state index in [0.717, 1.165) is 24.9 Å². The summed E-state index contributed by atoms with van der Waals surface area (Å²) in [5, 5.41) is 11.9. The maximum absolute atomic E-state index is 12.4. The minimum absolute atomic E-state index is 0.0876. The smallest absolute Gasteiger partial charge is 0.240 e. The molecule has 1 fully saturated rings. The van der Waals surface area contributed by atoms with E-state index in [4.69, 9.17) is 5.26 Å². The van der Waals surface area contributed by atoms with Crippen LogP contribution in [-0.4, -0.2) is 34.9 Å². The molecule has 1 aliphatic rings. The zero-order chi connectivity index (χ0) is 13.5. The highest BCUT2D eigenvalue weighted by Crippen LogP contribution is 2.12. The largest absolute Gasteiger partial charge is 0.336 e. The second kappa shape index (κ2) is 6.86. The van der Waals surface area contributed by atoms with E-state index < -0.39 is 0 Å². The molecule has 0 bridgehead atoms. The predicted molar refractivity (Wildman–Crippen MR) is 70.9 cm³/mol. The van der Waals surface area contributed by atoms with Gasteiger partial charge >= 0.3 is 0 Å². The molecule has 1 aliphatic heterocycles. The number of aromatic nitrogens is 1. The summed E-state index contributed by atoms with van der Waals surface area (Å²) < 4.78 is 0. The number of hydrogen-bond acceptors (Lipinski definition) is 4. The van der Waals surface area contributed by atoms with Crippen LogP contribution in [0.5, 0.6) is 0 Å². The lowest BCUT2D eigenvalue weighted by molar-refractivity contribution is -0.133. The van der Waals surface area contributed by atoms with Gasteiger partial charge in [0.15, 0.2) is 0 Å². The third-order valence-electron chi connectivity index (χ3n) is 3.26. The Morgan fingerprint density at radius 2 is 2.53 bits per heavy atom. The first kappa shape index (κ1) is 13.5. The Hall–Kier alpha value is -1.93. The summed E-state index contributed by atoms with van der Waals surface area (Å²) >= 11 is 0. The molecule has 0 aliphatic carbocycles. The van der Waals surface area contributed by atoms with Gasteiger partial charge in [-0.2, -0.15) is 5.26 Å². The monoisotopic (exact) mass is 258 g/mol. The van der Waals surface area contributed by atoms with Crippen LogP contribution in [-0.2, 0) is 11.3 Å². The fraction of sp³-hybridized carbons (Fsp3) is 0.500. The molecule has 0 radical (unpaired) electrons. The van der Waals surface area contributed by atoms with Crippen LogP contribution in [0, 0.1) is 11.3 Å². The molecule has 2 heterocycles. The van der Waals surface area contributed by atoms with Gasteiger partial charge in [-0.25, -0.2) is 0 Å². The minimum atomic E-state index is -0.0876. The summed E-state index contributed by atoms with van der Waals surface area (Å²) in [6, 6.07) is 5.82. The molecule has 100 valence electrons. The van der Waals surface area contributed by atoms with Crippen molar-refractivity contribution in [1.82, 2.24) is 15.2 Å². The summed E-state index contributed by atoms with van der Waals surface area (Å²) in [7, 11) is 0. The maximum atomic E-state index is 12.4. The van der Waals surface area contributed by atoms with Crippen LogP contribution < -0.4 is 5.32 Å². The summed E-state index contributed by atoms with van der Waals surface area (Å²) in [4.78, 5) is 18.2. The number of hydrogen-bond donors (Lipinski definition) is 1. The molecule has 0 aromatic carbocycles. The molecular formula is C14H18N4O. The first-order valence-electron chi connectivity index (χ1n) is 6.59. The molecule has 19 heavy (non-hydrogen) atoms. The number of nitrogens with zero attached hydrogens (tertiary/aromatic N) is 3. The van der Waals surface area contributed by atoms with Gasteiger partial charge in [0, 0.05) is 25.5 Å². The van der Waals surface area contributed by atoms with Gasteiger partial charge in [-0.1, -0.05) is 6.07 Å². The van der Waals surface area contributed by atoms with E-state index in [-0.39, 0.29) is 11.9 Å². The van der Waals surface area contributed by atoms with Crippen molar-refractivity contribution in [3.63, 3.8) is 0 Å². The molecule has 0 unspecified atom stereocenters. The number of carbonyl (C=O) groups excluding carboxylic acids is 1. The van der Waals surface area contributed by atoms with Crippen LogP contribution in [0.2, 0.25) is 0 Å².